The Balaban J connectivity index is 2.17. The summed E-state index contributed by atoms with van der Waals surface area (Å²) in [5, 5.41) is 2.83. The normalized spacial score (nSPS) is 12.5. The quantitative estimate of drug-likeness (QED) is 0.840. The van der Waals surface area contributed by atoms with Gasteiger partial charge in [-0.15, -0.1) is 0 Å². The predicted molar refractivity (Wildman–Crippen MR) is 101 cm³/mol. The van der Waals surface area contributed by atoms with E-state index in [0.717, 1.165) is 39.4 Å². The summed E-state index contributed by atoms with van der Waals surface area (Å²) in [7, 11) is -3.69. The zero-order chi connectivity index (χ0) is 19.5. The molecule has 0 spiro atoms. The minimum Gasteiger partial charge on any atom is -0.348 e. The first kappa shape index (κ1) is 19.9. The standard InChI is InChI=1S/C19H23FN2O3S/c1-13-5-6-14(2)18(11-13)15(3)21-19(23)12-22(26(4,24)25)17-9-7-16(20)8-10-17/h5-11,15H,12H2,1-4H3,(H,21,23). The van der Waals surface area contributed by atoms with Crippen LogP contribution in [0.4, 0.5) is 10.1 Å². The van der Waals surface area contributed by atoms with E-state index in [1.807, 2.05) is 39.0 Å². The highest BCUT2D eigenvalue weighted by Gasteiger charge is 2.22. The Morgan fingerprint density at radius 2 is 1.77 bits per heavy atom. The van der Waals surface area contributed by atoms with Crippen LogP contribution in [-0.4, -0.2) is 27.1 Å². The molecule has 0 saturated heterocycles. The second kappa shape index (κ2) is 7.86. The summed E-state index contributed by atoms with van der Waals surface area (Å²) in [6, 6.07) is 10.7. The molecule has 0 fully saturated rings. The lowest BCUT2D eigenvalue weighted by Crippen LogP contribution is -2.41. The van der Waals surface area contributed by atoms with Gasteiger partial charge in [-0.3, -0.25) is 9.10 Å². The fourth-order valence-electron chi connectivity index (χ4n) is 2.73. The van der Waals surface area contributed by atoms with E-state index in [1.165, 1.54) is 12.1 Å². The van der Waals surface area contributed by atoms with E-state index in [1.54, 1.807) is 0 Å². The van der Waals surface area contributed by atoms with Gasteiger partial charge in [0.2, 0.25) is 15.9 Å². The number of carbonyl (C=O) groups excluding carboxylic acids is 1. The topological polar surface area (TPSA) is 66.5 Å². The van der Waals surface area contributed by atoms with Gasteiger partial charge in [-0.05, 0) is 56.2 Å². The first-order valence-corrected chi connectivity index (χ1v) is 10.0. The van der Waals surface area contributed by atoms with E-state index in [9.17, 15) is 17.6 Å². The molecule has 0 aliphatic carbocycles. The van der Waals surface area contributed by atoms with Gasteiger partial charge in [-0.1, -0.05) is 23.8 Å². The molecule has 0 aromatic heterocycles. The van der Waals surface area contributed by atoms with Crippen molar-refractivity contribution in [2.45, 2.75) is 26.8 Å². The molecule has 1 atom stereocenters. The van der Waals surface area contributed by atoms with Crippen LogP contribution in [0.25, 0.3) is 0 Å². The van der Waals surface area contributed by atoms with Gasteiger partial charge >= 0.3 is 0 Å². The molecule has 0 radical (unpaired) electrons. The number of carbonyl (C=O) groups is 1. The molecule has 2 aromatic rings. The summed E-state index contributed by atoms with van der Waals surface area (Å²) in [5.41, 5.74) is 3.34. The Morgan fingerprint density at radius 3 is 2.35 bits per heavy atom. The maximum absolute atomic E-state index is 13.1. The molecule has 2 rings (SSSR count). The summed E-state index contributed by atoms with van der Waals surface area (Å²) in [6.07, 6.45) is 1.01. The van der Waals surface area contributed by atoms with Crippen LogP contribution < -0.4 is 9.62 Å². The lowest BCUT2D eigenvalue weighted by Gasteiger charge is -2.24. The van der Waals surface area contributed by atoms with E-state index in [-0.39, 0.29) is 18.3 Å². The van der Waals surface area contributed by atoms with E-state index >= 15 is 0 Å². The molecule has 26 heavy (non-hydrogen) atoms. The van der Waals surface area contributed by atoms with E-state index in [0.29, 0.717) is 0 Å². The number of anilines is 1. The maximum Gasteiger partial charge on any atom is 0.241 e. The molecule has 0 aliphatic rings. The lowest BCUT2D eigenvalue weighted by atomic mass is 10.00. The largest absolute Gasteiger partial charge is 0.348 e. The van der Waals surface area contributed by atoms with Crippen LogP contribution in [0.15, 0.2) is 42.5 Å². The molecule has 1 N–H and O–H groups in total. The molecule has 2 aromatic carbocycles. The molecular formula is C19H23FN2O3S. The SMILES string of the molecule is Cc1ccc(C)c(C(C)NC(=O)CN(c2ccc(F)cc2)S(C)(=O)=O)c1. The van der Waals surface area contributed by atoms with Crippen LogP contribution in [0.5, 0.6) is 0 Å². The van der Waals surface area contributed by atoms with Crippen molar-refractivity contribution in [3.63, 3.8) is 0 Å². The van der Waals surface area contributed by atoms with E-state index in [2.05, 4.69) is 5.32 Å². The zero-order valence-corrected chi connectivity index (χ0v) is 16.1. The molecule has 0 bridgehead atoms. The van der Waals surface area contributed by atoms with Gasteiger partial charge in [0.05, 0.1) is 18.0 Å². The van der Waals surface area contributed by atoms with Crippen molar-refractivity contribution in [1.29, 1.82) is 0 Å². The average molecular weight is 378 g/mol. The smallest absolute Gasteiger partial charge is 0.241 e. The summed E-state index contributed by atoms with van der Waals surface area (Å²) in [6.45, 7) is 5.40. The molecule has 0 aliphatic heterocycles. The zero-order valence-electron chi connectivity index (χ0n) is 15.3. The molecular weight excluding hydrogens is 355 g/mol. The van der Waals surface area contributed by atoms with Crippen LogP contribution in [0.3, 0.4) is 0 Å². The first-order valence-electron chi connectivity index (χ1n) is 8.17. The molecule has 0 heterocycles. The summed E-state index contributed by atoms with van der Waals surface area (Å²) in [5.74, 6) is -0.914. The number of nitrogens with zero attached hydrogens (tertiary/aromatic N) is 1. The molecule has 140 valence electrons. The van der Waals surface area contributed by atoms with Gasteiger partial charge in [-0.25, -0.2) is 12.8 Å². The maximum atomic E-state index is 13.1. The Kier molecular flexibility index (Phi) is 6.02. The fourth-order valence-corrected chi connectivity index (χ4v) is 3.59. The van der Waals surface area contributed by atoms with Crippen molar-refractivity contribution in [2.24, 2.45) is 0 Å². The minimum absolute atomic E-state index is 0.239. The third kappa shape index (κ3) is 5.05. The van der Waals surface area contributed by atoms with E-state index in [4.69, 9.17) is 0 Å². The highest BCUT2D eigenvalue weighted by atomic mass is 32.2. The van der Waals surface area contributed by atoms with Crippen molar-refractivity contribution in [2.75, 3.05) is 17.1 Å². The number of nitrogens with one attached hydrogen (secondary N) is 1. The Labute approximate surface area is 153 Å². The Bertz CT molecular complexity index is 896. The molecule has 0 saturated carbocycles. The summed E-state index contributed by atoms with van der Waals surface area (Å²) >= 11 is 0. The van der Waals surface area contributed by atoms with Gasteiger partial charge < -0.3 is 5.32 Å². The second-order valence-electron chi connectivity index (χ2n) is 6.40. The average Bonchev–Trinajstić information content (AvgIpc) is 2.55. The van der Waals surface area contributed by atoms with Crippen LogP contribution in [0.1, 0.15) is 29.7 Å². The number of amides is 1. The lowest BCUT2D eigenvalue weighted by molar-refractivity contribution is -0.120. The van der Waals surface area contributed by atoms with Crippen molar-refractivity contribution in [3.05, 3.63) is 65.0 Å². The van der Waals surface area contributed by atoms with Crippen LogP contribution in [0.2, 0.25) is 0 Å². The van der Waals surface area contributed by atoms with Crippen molar-refractivity contribution < 1.29 is 17.6 Å². The van der Waals surface area contributed by atoms with Gasteiger partial charge in [0.15, 0.2) is 0 Å². The van der Waals surface area contributed by atoms with Gasteiger partial charge in [0.1, 0.15) is 12.4 Å². The van der Waals surface area contributed by atoms with Crippen molar-refractivity contribution in [3.8, 4) is 0 Å². The van der Waals surface area contributed by atoms with Crippen molar-refractivity contribution in [1.82, 2.24) is 5.32 Å². The van der Waals surface area contributed by atoms with Gasteiger partial charge in [0, 0.05) is 0 Å². The highest BCUT2D eigenvalue weighted by molar-refractivity contribution is 7.92. The van der Waals surface area contributed by atoms with Crippen LogP contribution in [0, 0.1) is 19.7 Å². The third-order valence-electron chi connectivity index (χ3n) is 4.08. The minimum atomic E-state index is -3.69. The molecule has 5 nitrogen and oxygen atoms in total. The van der Waals surface area contributed by atoms with Crippen LogP contribution in [-0.2, 0) is 14.8 Å². The van der Waals surface area contributed by atoms with Crippen molar-refractivity contribution >= 4 is 21.6 Å². The van der Waals surface area contributed by atoms with E-state index < -0.39 is 21.7 Å². The molecule has 1 amide bonds. The number of halogens is 1. The fraction of sp³-hybridized carbons (Fsp3) is 0.316. The summed E-state index contributed by atoms with van der Waals surface area (Å²) < 4.78 is 38.2. The van der Waals surface area contributed by atoms with Gasteiger partial charge in [-0.2, -0.15) is 0 Å². The van der Waals surface area contributed by atoms with Gasteiger partial charge in [0.25, 0.3) is 0 Å². The van der Waals surface area contributed by atoms with Crippen LogP contribution >= 0.6 is 0 Å². The number of hydrogen-bond donors (Lipinski definition) is 1. The number of aryl methyl sites for hydroxylation is 2. The second-order valence-corrected chi connectivity index (χ2v) is 8.30. The predicted octanol–water partition coefficient (Wildman–Crippen LogP) is 3.09. The first-order chi connectivity index (χ1) is 12.1. The third-order valence-corrected chi connectivity index (χ3v) is 5.22. The number of rotatable bonds is 6. The summed E-state index contributed by atoms with van der Waals surface area (Å²) in [4.78, 5) is 12.4. The number of sulfonamides is 1. The Morgan fingerprint density at radius 1 is 1.15 bits per heavy atom. The Hall–Kier alpha value is -2.41. The molecule has 1 unspecified atom stereocenters. The molecule has 7 heteroatoms. The highest BCUT2D eigenvalue weighted by Crippen LogP contribution is 2.20. The monoisotopic (exact) mass is 378 g/mol. The number of benzene rings is 2. The number of hydrogen-bond acceptors (Lipinski definition) is 3.